The molecule has 0 aromatic carbocycles. The smallest absolute Gasteiger partial charge is 0.239 e. The molecule has 7 heteroatoms. The van der Waals surface area contributed by atoms with Gasteiger partial charge >= 0.3 is 0 Å². The average molecular weight is 304 g/mol. The lowest BCUT2D eigenvalue weighted by Gasteiger charge is -2.30. The number of hydrogen-bond acceptors (Lipinski definition) is 6. The predicted molar refractivity (Wildman–Crippen MR) is 71.6 cm³/mol. The molecule has 0 bridgehead atoms. The zero-order valence-electron chi connectivity index (χ0n) is 10.00. The fraction of sp³-hybridized carbons (Fsp3) is 0.600. The molecule has 1 unspecified atom stereocenters. The molecule has 0 saturated carbocycles. The first-order valence-electron chi connectivity index (χ1n) is 5.43. The molecule has 1 atom stereocenters. The van der Waals surface area contributed by atoms with Crippen molar-refractivity contribution in [1.29, 1.82) is 0 Å². The second-order valence-electron chi connectivity index (χ2n) is 4.05. The van der Waals surface area contributed by atoms with E-state index in [1.807, 2.05) is 6.92 Å². The normalized spacial score (nSPS) is 14.2. The van der Waals surface area contributed by atoms with E-state index in [2.05, 4.69) is 43.6 Å². The number of aliphatic hydroxyl groups excluding tert-OH is 1. The Bertz CT molecular complexity index is 376. The van der Waals surface area contributed by atoms with Crippen molar-refractivity contribution in [1.82, 2.24) is 9.97 Å². The van der Waals surface area contributed by atoms with E-state index in [0.29, 0.717) is 18.2 Å². The number of aliphatic hydroxyl groups is 1. The number of rotatable bonds is 6. The third-order valence-electron chi connectivity index (χ3n) is 2.74. The molecule has 0 radical (unpaired) electrons. The van der Waals surface area contributed by atoms with E-state index in [1.165, 1.54) is 0 Å². The van der Waals surface area contributed by atoms with Gasteiger partial charge in [0.05, 0.1) is 4.47 Å². The first kappa shape index (κ1) is 14.1. The molecule has 5 N–H and O–H groups in total. The first-order chi connectivity index (χ1) is 8.04. The minimum atomic E-state index is -0.211. The minimum Gasteiger partial charge on any atom is -0.396 e. The Labute approximate surface area is 109 Å². The molecule has 0 spiro atoms. The zero-order chi connectivity index (χ0) is 12.9. The van der Waals surface area contributed by atoms with Gasteiger partial charge in [-0.2, -0.15) is 4.98 Å². The number of hydrogen-bond donors (Lipinski definition) is 4. The number of nitrogens with two attached hydrogens (primary N) is 1. The van der Waals surface area contributed by atoms with Crippen molar-refractivity contribution in [2.24, 2.45) is 5.84 Å². The lowest BCUT2D eigenvalue weighted by atomic mass is 9.95. The van der Waals surface area contributed by atoms with Crippen molar-refractivity contribution >= 4 is 27.7 Å². The number of hydrazine groups is 1. The van der Waals surface area contributed by atoms with Gasteiger partial charge in [-0.05, 0) is 35.7 Å². The summed E-state index contributed by atoms with van der Waals surface area (Å²) in [6, 6.07) is 0. The van der Waals surface area contributed by atoms with Gasteiger partial charge in [0.2, 0.25) is 5.95 Å². The Kier molecular flexibility index (Phi) is 5.10. The summed E-state index contributed by atoms with van der Waals surface area (Å²) in [7, 11) is 0. The van der Waals surface area contributed by atoms with Crippen LogP contribution in [0.15, 0.2) is 10.7 Å². The van der Waals surface area contributed by atoms with Crippen molar-refractivity contribution in [3.8, 4) is 0 Å². The minimum absolute atomic E-state index is 0.127. The maximum atomic E-state index is 9.06. The van der Waals surface area contributed by atoms with E-state index in [4.69, 9.17) is 10.9 Å². The zero-order valence-corrected chi connectivity index (χ0v) is 11.6. The van der Waals surface area contributed by atoms with E-state index < -0.39 is 0 Å². The van der Waals surface area contributed by atoms with Crippen LogP contribution in [0.4, 0.5) is 11.8 Å². The van der Waals surface area contributed by atoms with Crippen LogP contribution in [0.25, 0.3) is 0 Å². The van der Waals surface area contributed by atoms with Crippen LogP contribution < -0.4 is 16.6 Å². The van der Waals surface area contributed by atoms with Crippen LogP contribution in [0.2, 0.25) is 0 Å². The topological polar surface area (TPSA) is 96.1 Å². The van der Waals surface area contributed by atoms with Crippen LogP contribution in [-0.2, 0) is 0 Å². The summed E-state index contributed by atoms with van der Waals surface area (Å²) in [6.07, 6.45) is 3.14. The highest BCUT2D eigenvalue weighted by Crippen LogP contribution is 2.26. The van der Waals surface area contributed by atoms with Gasteiger partial charge in [0.25, 0.3) is 0 Å². The Morgan fingerprint density at radius 1 is 1.59 bits per heavy atom. The maximum Gasteiger partial charge on any atom is 0.239 e. The molecule has 0 aliphatic rings. The van der Waals surface area contributed by atoms with Crippen LogP contribution in [0.3, 0.4) is 0 Å². The number of nitrogen functional groups attached to an aromatic ring is 1. The van der Waals surface area contributed by atoms with Gasteiger partial charge in [0, 0.05) is 18.3 Å². The van der Waals surface area contributed by atoms with Gasteiger partial charge in [0.1, 0.15) is 5.82 Å². The van der Waals surface area contributed by atoms with Crippen LogP contribution in [0.1, 0.15) is 26.7 Å². The standard InChI is InChI=1S/C10H18BrN5O/c1-3-10(2,4-5-17)15-8-7(11)6-13-9(14-8)16-12/h6,17H,3-5,12H2,1-2H3,(H2,13,14,15,16). The molecule has 0 fully saturated rings. The van der Waals surface area contributed by atoms with Crippen molar-refractivity contribution in [3.05, 3.63) is 10.7 Å². The Balaban J connectivity index is 2.92. The largest absolute Gasteiger partial charge is 0.396 e. The Morgan fingerprint density at radius 3 is 2.82 bits per heavy atom. The molecule has 6 nitrogen and oxygen atoms in total. The molecular formula is C10H18BrN5O. The highest BCUT2D eigenvalue weighted by molar-refractivity contribution is 9.10. The van der Waals surface area contributed by atoms with Gasteiger partial charge in [-0.25, -0.2) is 10.8 Å². The fourth-order valence-corrected chi connectivity index (χ4v) is 1.67. The molecule has 0 aliphatic carbocycles. The average Bonchev–Trinajstić information content (AvgIpc) is 2.32. The molecule has 1 aromatic rings. The molecular weight excluding hydrogens is 286 g/mol. The van der Waals surface area contributed by atoms with E-state index in [1.54, 1.807) is 6.20 Å². The van der Waals surface area contributed by atoms with Crippen LogP contribution >= 0.6 is 15.9 Å². The number of aromatic nitrogens is 2. The first-order valence-corrected chi connectivity index (χ1v) is 6.22. The Hall–Kier alpha value is -0.920. The van der Waals surface area contributed by atoms with E-state index in [0.717, 1.165) is 10.9 Å². The van der Waals surface area contributed by atoms with Gasteiger partial charge in [-0.1, -0.05) is 6.92 Å². The lowest BCUT2D eigenvalue weighted by molar-refractivity contribution is 0.251. The summed E-state index contributed by atoms with van der Waals surface area (Å²) in [5, 5.41) is 12.4. The van der Waals surface area contributed by atoms with Crippen molar-refractivity contribution in [3.63, 3.8) is 0 Å². The van der Waals surface area contributed by atoms with Crippen LogP contribution in [-0.4, -0.2) is 27.2 Å². The SMILES string of the molecule is CCC(C)(CCO)Nc1nc(NN)ncc1Br. The molecule has 1 heterocycles. The predicted octanol–water partition coefficient (Wildman–Crippen LogP) is 1.49. The molecule has 0 amide bonds. The molecule has 96 valence electrons. The highest BCUT2D eigenvalue weighted by Gasteiger charge is 2.22. The summed E-state index contributed by atoms with van der Waals surface area (Å²) in [5.41, 5.74) is 2.19. The number of nitrogens with zero attached hydrogens (tertiary/aromatic N) is 2. The van der Waals surface area contributed by atoms with E-state index in [9.17, 15) is 0 Å². The number of anilines is 2. The summed E-state index contributed by atoms with van der Waals surface area (Å²) >= 11 is 3.37. The van der Waals surface area contributed by atoms with E-state index in [-0.39, 0.29) is 12.1 Å². The second kappa shape index (κ2) is 6.13. The third kappa shape index (κ3) is 3.79. The van der Waals surface area contributed by atoms with Crippen LogP contribution in [0, 0.1) is 0 Å². The monoisotopic (exact) mass is 303 g/mol. The molecule has 0 saturated heterocycles. The third-order valence-corrected chi connectivity index (χ3v) is 3.32. The lowest BCUT2D eigenvalue weighted by Crippen LogP contribution is -2.35. The summed E-state index contributed by atoms with van der Waals surface area (Å²) < 4.78 is 0.758. The molecule has 0 aliphatic heterocycles. The maximum absolute atomic E-state index is 9.06. The van der Waals surface area contributed by atoms with Crippen molar-refractivity contribution < 1.29 is 5.11 Å². The van der Waals surface area contributed by atoms with Gasteiger partial charge < -0.3 is 10.4 Å². The number of nitrogens with one attached hydrogen (secondary N) is 2. The van der Waals surface area contributed by atoms with Gasteiger partial charge in [0.15, 0.2) is 0 Å². The summed E-state index contributed by atoms with van der Waals surface area (Å²) in [6.45, 7) is 4.22. The van der Waals surface area contributed by atoms with Crippen LogP contribution in [0.5, 0.6) is 0 Å². The fourth-order valence-electron chi connectivity index (χ4n) is 1.38. The van der Waals surface area contributed by atoms with Crippen molar-refractivity contribution in [2.45, 2.75) is 32.2 Å². The Morgan fingerprint density at radius 2 is 2.29 bits per heavy atom. The quantitative estimate of drug-likeness (QED) is 0.470. The molecule has 1 rings (SSSR count). The summed E-state index contributed by atoms with van der Waals surface area (Å²) in [5.74, 6) is 6.27. The molecule has 17 heavy (non-hydrogen) atoms. The second-order valence-corrected chi connectivity index (χ2v) is 4.90. The molecule has 1 aromatic heterocycles. The highest BCUT2D eigenvalue weighted by atomic mass is 79.9. The number of halogens is 1. The van der Waals surface area contributed by atoms with Gasteiger partial charge in [-0.15, -0.1) is 0 Å². The van der Waals surface area contributed by atoms with E-state index >= 15 is 0 Å². The van der Waals surface area contributed by atoms with Crippen molar-refractivity contribution in [2.75, 3.05) is 17.3 Å². The summed E-state index contributed by atoms with van der Waals surface area (Å²) in [4.78, 5) is 8.19. The van der Waals surface area contributed by atoms with Gasteiger partial charge in [-0.3, -0.25) is 5.43 Å².